The molecule has 2 aromatic carbocycles. The molecule has 8 nitrogen and oxygen atoms in total. The molecule has 3 aromatic rings. The molecule has 0 saturated carbocycles. The molecule has 3 N–H and O–H groups in total. The summed E-state index contributed by atoms with van der Waals surface area (Å²) in [5.41, 5.74) is 4.59. The van der Waals surface area contributed by atoms with E-state index < -0.39 is 0 Å². The Morgan fingerprint density at radius 2 is 1.75 bits per heavy atom. The molecule has 2 heterocycles. The van der Waals surface area contributed by atoms with E-state index in [1.807, 2.05) is 50.5 Å². The summed E-state index contributed by atoms with van der Waals surface area (Å²) in [4.78, 5) is 22.7. The number of nitrogens with one attached hydrogen (secondary N) is 3. The summed E-state index contributed by atoms with van der Waals surface area (Å²) in [6.07, 6.45) is 1.79. The van der Waals surface area contributed by atoms with Gasteiger partial charge in [0.1, 0.15) is 5.82 Å². The summed E-state index contributed by atoms with van der Waals surface area (Å²) >= 11 is 0. The molecule has 1 saturated heterocycles. The van der Waals surface area contributed by atoms with Gasteiger partial charge in [0, 0.05) is 37.6 Å². The number of carbonyl (C=O) groups is 1. The molecule has 1 aromatic heterocycles. The zero-order chi connectivity index (χ0) is 22.3. The fraction of sp³-hybridized carbons (Fsp3) is 0.261. The Hall–Kier alpha value is -3.59. The summed E-state index contributed by atoms with van der Waals surface area (Å²) in [6.45, 7) is 6.62. The second-order valence-electron chi connectivity index (χ2n) is 7.41. The van der Waals surface area contributed by atoms with E-state index in [0.717, 1.165) is 60.3 Å². The number of anilines is 6. The molecule has 4 rings (SSSR count). The number of aromatic nitrogens is 2. The van der Waals surface area contributed by atoms with Gasteiger partial charge in [0.05, 0.1) is 24.6 Å². The largest absolute Gasteiger partial charge is 0.378 e. The van der Waals surface area contributed by atoms with E-state index in [4.69, 9.17) is 9.72 Å². The van der Waals surface area contributed by atoms with E-state index >= 15 is 0 Å². The minimum atomic E-state index is -0.103. The van der Waals surface area contributed by atoms with Crippen LogP contribution in [0.2, 0.25) is 6.82 Å². The number of benzene rings is 2. The summed E-state index contributed by atoms with van der Waals surface area (Å²) in [5.74, 6) is 1.10. The molecule has 0 unspecified atom stereocenters. The van der Waals surface area contributed by atoms with E-state index in [1.54, 1.807) is 6.20 Å². The topological polar surface area (TPSA) is 91.4 Å². The van der Waals surface area contributed by atoms with Crippen molar-refractivity contribution < 1.29 is 9.53 Å². The maximum Gasteiger partial charge on any atom is 0.229 e. The zero-order valence-corrected chi connectivity index (χ0v) is 18.3. The van der Waals surface area contributed by atoms with Crippen molar-refractivity contribution in [2.75, 3.05) is 47.2 Å². The molecule has 1 radical (unpaired) electrons. The Balaban J connectivity index is 1.55. The fourth-order valence-corrected chi connectivity index (χ4v) is 3.52. The molecule has 1 aliphatic heterocycles. The third-order valence-corrected chi connectivity index (χ3v) is 5.10. The standard InChI is InChI=1S/C23H26BN6O2/c1-16(31)26-17-7-9-18(10-8-17)27-23-25-15-19(24-2)22(29-23)28-20-5-3-4-6-21(20)30-11-13-32-14-12-30/h3-10,15H,11-14H2,1-2H3,(H,26,31)(H2,25,27,28,29). The van der Waals surface area contributed by atoms with E-state index in [9.17, 15) is 4.79 Å². The van der Waals surface area contributed by atoms with E-state index in [2.05, 4.69) is 38.0 Å². The summed E-state index contributed by atoms with van der Waals surface area (Å²) in [7, 11) is 1.98. The monoisotopic (exact) mass is 429 g/mol. The highest BCUT2D eigenvalue weighted by Gasteiger charge is 2.16. The van der Waals surface area contributed by atoms with Crippen molar-refractivity contribution in [1.29, 1.82) is 0 Å². The molecule has 163 valence electrons. The lowest BCUT2D eigenvalue weighted by Crippen LogP contribution is -2.36. The van der Waals surface area contributed by atoms with Gasteiger partial charge in [-0.2, -0.15) is 4.98 Å². The maximum atomic E-state index is 11.2. The minimum absolute atomic E-state index is 0.103. The molecular weight excluding hydrogens is 403 g/mol. The number of amides is 1. The van der Waals surface area contributed by atoms with Gasteiger partial charge >= 0.3 is 0 Å². The second-order valence-corrected chi connectivity index (χ2v) is 7.41. The van der Waals surface area contributed by atoms with Crippen LogP contribution in [0.3, 0.4) is 0 Å². The number of para-hydroxylation sites is 2. The normalized spacial score (nSPS) is 13.4. The third-order valence-electron chi connectivity index (χ3n) is 5.10. The Morgan fingerprint density at radius 1 is 1.03 bits per heavy atom. The Kier molecular flexibility index (Phi) is 6.86. The number of nitrogens with zero attached hydrogens (tertiary/aromatic N) is 3. The molecule has 1 amide bonds. The Labute approximate surface area is 188 Å². The van der Waals surface area contributed by atoms with Crippen LogP contribution >= 0.6 is 0 Å². The highest BCUT2D eigenvalue weighted by atomic mass is 16.5. The van der Waals surface area contributed by atoms with Crippen LogP contribution in [-0.2, 0) is 9.53 Å². The molecule has 0 atom stereocenters. The van der Waals surface area contributed by atoms with Gasteiger partial charge in [-0.1, -0.05) is 19.0 Å². The Bertz CT molecular complexity index is 1070. The Morgan fingerprint density at radius 3 is 2.47 bits per heavy atom. The van der Waals surface area contributed by atoms with Gasteiger partial charge in [0.15, 0.2) is 7.28 Å². The number of morpholine rings is 1. The van der Waals surface area contributed by atoms with Crippen molar-refractivity contribution in [3.05, 3.63) is 54.7 Å². The summed E-state index contributed by atoms with van der Waals surface area (Å²) < 4.78 is 5.50. The number of rotatable bonds is 7. The van der Waals surface area contributed by atoms with E-state index in [0.29, 0.717) is 5.95 Å². The first-order chi connectivity index (χ1) is 15.6. The number of hydrogen-bond acceptors (Lipinski definition) is 7. The molecule has 9 heteroatoms. The van der Waals surface area contributed by atoms with Gasteiger partial charge in [-0.3, -0.25) is 4.79 Å². The van der Waals surface area contributed by atoms with Crippen molar-refractivity contribution in [2.24, 2.45) is 0 Å². The van der Waals surface area contributed by atoms with Gasteiger partial charge in [0.25, 0.3) is 0 Å². The first-order valence-electron chi connectivity index (χ1n) is 10.6. The lowest BCUT2D eigenvalue weighted by molar-refractivity contribution is -0.114. The van der Waals surface area contributed by atoms with Crippen molar-refractivity contribution >= 4 is 53.2 Å². The van der Waals surface area contributed by atoms with Crippen LogP contribution in [0.1, 0.15) is 6.92 Å². The first kappa shape index (κ1) is 21.6. The maximum absolute atomic E-state index is 11.2. The van der Waals surface area contributed by atoms with Crippen LogP contribution in [0.25, 0.3) is 0 Å². The van der Waals surface area contributed by atoms with Crippen molar-refractivity contribution in [3.63, 3.8) is 0 Å². The summed E-state index contributed by atoms with van der Waals surface area (Å²) in [6, 6.07) is 15.6. The molecule has 0 aliphatic carbocycles. The number of carbonyl (C=O) groups excluding carboxylic acids is 1. The number of ether oxygens (including phenoxy) is 1. The third kappa shape index (κ3) is 5.36. The van der Waals surface area contributed by atoms with Crippen molar-refractivity contribution in [1.82, 2.24) is 9.97 Å². The minimum Gasteiger partial charge on any atom is -0.378 e. The van der Waals surface area contributed by atoms with E-state index in [1.165, 1.54) is 6.92 Å². The van der Waals surface area contributed by atoms with Gasteiger partial charge in [-0.05, 0) is 41.9 Å². The van der Waals surface area contributed by atoms with Gasteiger partial charge < -0.3 is 25.6 Å². The lowest BCUT2D eigenvalue weighted by Gasteiger charge is -2.30. The van der Waals surface area contributed by atoms with Crippen LogP contribution in [0.15, 0.2) is 54.7 Å². The van der Waals surface area contributed by atoms with Crippen LogP contribution in [0.4, 0.5) is 34.5 Å². The smallest absolute Gasteiger partial charge is 0.229 e. The van der Waals surface area contributed by atoms with Crippen LogP contribution in [0.5, 0.6) is 0 Å². The fourth-order valence-electron chi connectivity index (χ4n) is 3.52. The predicted octanol–water partition coefficient (Wildman–Crippen LogP) is 3.14. The average Bonchev–Trinajstić information content (AvgIpc) is 2.81. The van der Waals surface area contributed by atoms with Crippen LogP contribution in [0, 0.1) is 0 Å². The molecule has 0 bridgehead atoms. The average molecular weight is 429 g/mol. The quantitative estimate of drug-likeness (QED) is 0.497. The molecule has 1 fully saturated rings. The number of hydrogen-bond donors (Lipinski definition) is 3. The first-order valence-corrected chi connectivity index (χ1v) is 10.6. The van der Waals surface area contributed by atoms with Gasteiger partial charge in [-0.25, -0.2) is 4.98 Å². The molecule has 1 aliphatic rings. The molecule has 32 heavy (non-hydrogen) atoms. The molecule has 0 spiro atoms. The van der Waals surface area contributed by atoms with Crippen molar-refractivity contribution in [3.8, 4) is 0 Å². The zero-order valence-electron chi connectivity index (χ0n) is 18.3. The highest BCUT2D eigenvalue weighted by molar-refractivity contribution is 6.53. The van der Waals surface area contributed by atoms with Crippen LogP contribution in [-0.4, -0.2) is 49.5 Å². The van der Waals surface area contributed by atoms with Gasteiger partial charge in [-0.15, -0.1) is 0 Å². The molecular formula is C23H26BN6O2. The van der Waals surface area contributed by atoms with Crippen LogP contribution < -0.4 is 26.3 Å². The van der Waals surface area contributed by atoms with Crippen molar-refractivity contribution in [2.45, 2.75) is 13.7 Å². The van der Waals surface area contributed by atoms with Gasteiger partial charge in [0.2, 0.25) is 11.9 Å². The second kappa shape index (κ2) is 10.1. The lowest BCUT2D eigenvalue weighted by atomic mass is 9.74. The SMILES string of the molecule is C[B]c1cnc(Nc2ccc(NC(C)=O)cc2)nc1Nc1ccccc1N1CCOCC1. The highest BCUT2D eigenvalue weighted by Crippen LogP contribution is 2.28. The van der Waals surface area contributed by atoms with E-state index in [-0.39, 0.29) is 5.91 Å². The summed E-state index contributed by atoms with van der Waals surface area (Å²) in [5, 5.41) is 9.47. The predicted molar refractivity (Wildman–Crippen MR) is 130 cm³/mol.